The molecule has 1 aromatic carbocycles. The van der Waals surface area contributed by atoms with E-state index in [-0.39, 0.29) is 5.54 Å². The molecule has 0 bridgehead atoms. The van der Waals surface area contributed by atoms with Gasteiger partial charge in [0, 0.05) is 34.6 Å². The molecule has 4 heteroatoms. The molecule has 16 heavy (non-hydrogen) atoms. The maximum Gasteiger partial charge on any atom is 0.0490 e. The Morgan fingerprint density at radius 1 is 1.38 bits per heavy atom. The van der Waals surface area contributed by atoms with E-state index in [2.05, 4.69) is 28.2 Å². The number of ether oxygens (including phenoxy) is 1. The molecule has 0 aromatic heterocycles. The van der Waals surface area contributed by atoms with Crippen molar-refractivity contribution in [3.05, 3.63) is 22.7 Å². The highest BCUT2D eigenvalue weighted by molar-refractivity contribution is 9.10. The molecule has 1 aliphatic rings. The molecule has 2 rings (SSSR count). The highest BCUT2D eigenvalue weighted by Crippen LogP contribution is 2.31. The summed E-state index contributed by atoms with van der Waals surface area (Å²) in [5, 5.41) is 3.57. The molecule has 1 saturated heterocycles. The van der Waals surface area contributed by atoms with Gasteiger partial charge in [0.2, 0.25) is 0 Å². The van der Waals surface area contributed by atoms with Crippen molar-refractivity contribution in [2.24, 2.45) is 0 Å². The molecule has 1 aromatic rings. The SMILES string of the molecule is CC1(Nc2ccc(N)cc2Br)CCOCC1. The summed E-state index contributed by atoms with van der Waals surface area (Å²) < 4.78 is 6.39. The van der Waals surface area contributed by atoms with E-state index < -0.39 is 0 Å². The zero-order valence-electron chi connectivity index (χ0n) is 9.42. The minimum atomic E-state index is 0.122. The van der Waals surface area contributed by atoms with Crippen LogP contribution in [-0.4, -0.2) is 18.8 Å². The quantitative estimate of drug-likeness (QED) is 0.821. The Kier molecular flexibility index (Phi) is 3.40. The predicted molar refractivity (Wildman–Crippen MR) is 70.6 cm³/mol. The number of rotatable bonds is 2. The van der Waals surface area contributed by atoms with Crippen molar-refractivity contribution in [1.29, 1.82) is 0 Å². The maximum atomic E-state index is 5.72. The van der Waals surface area contributed by atoms with E-state index in [4.69, 9.17) is 10.5 Å². The summed E-state index contributed by atoms with van der Waals surface area (Å²) in [6, 6.07) is 5.85. The average Bonchev–Trinajstić information content (AvgIpc) is 2.23. The van der Waals surface area contributed by atoms with Crippen LogP contribution in [-0.2, 0) is 4.74 Å². The minimum absolute atomic E-state index is 0.122. The highest BCUT2D eigenvalue weighted by Gasteiger charge is 2.27. The zero-order valence-corrected chi connectivity index (χ0v) is 11.0. The van der Waals surface area contributed by atoms with Crippen LogP contribution < -0.4 is 11.1 Å². The van der Waals surface area contributed by atoms with Gasteiger partial charge in [0.15, 0.2) is 0 Å². The zero-order chi connectivity index (χ0) is 11.6. The summed E-state index contributed by atoms with van der Waals surface area (Å²) in [5.74, 6) is 0. The van der Waals surface area contributed by atoms with E-state index >= 15 is 0 Å². The summed E-state index contributed by atoms with van der Waals surface area (Å²) in [4.78, 5) is 0. The molecule has 0 atom stereocenters. The number of hydrogen-bond acceptors (Lipinski definition) is 3. The normalized spacial score (nSPS) is 19.4. The molecule has 1 heterocycles. The van der Waals surface area contributed by atoms with Gasteiger partial charge < -0.3 is 15.8 Å². The first-order valence-corrected chi connectivity index (χ1v) is 6.29. The number of anilines is 2. The van der Waals surface area contributed by atoms with E-state index in [0.717, 1.165) is 41.9 Å². The second-order valence-corrected chi connectivity index (χ2v) is 5.39. The maximum absolute atomic E-state index is 5.72. The van der Waals surface area contributed by atoms with Crippen LogP contribution in [0.1, 0.15) is 19.8 Å². The lowest BCUT2D eigenvalue weighted by Gasteiger charge is -2.35. The van der Waals surface area contributed by atoms with Crippen molar-refractivity contribution < 1.29 is 4.74 Å². The molecular weight excluding hydrogens is 268 g/mol. The van der Waals surface area contributed by atoms with Crippen LogP contribution in [0.2, 0.25) is 0 Å². The third-order valence-electron chi connectivity index (χ3n) is 3.03. The minimum Gasteiger partial charge on any atom is -0.399 e. The van der Waals surface area contributed by atoms with E-state index in [1.807, 2.05) is 18.2 Å². The van der Waals surface area contributed by atoms with E-state index in [9.17, 15) is 0 Å². The van der Waals surface area contributed by atoms with E-state index in [1.165, 1.54) is 0 Å². The standard InChI is InChI=1S/C12H17BrN2O/c1-12(4-6-16-7-5-12)15-11-3-2-9(14)8-10(11)13/h2-3,8,15H,4-7,14H2,1H3. The first kappa shape index (κ1) is 11.7. The Bertz CT molecular complexity index is 375. The van der Waals surface area contributed by atoms with Gasteiger partial charge in [-0.05, 0) is 53.9 Å². The molecular formula is C12H17BrN2O. The number of benzene rings is 1. The van der Waals surface area contributed by atoms with Crippen molar-refractivity contribution >= 4 is 27.3 Å². The molecule has 88 valence electrons. The molecule has 0 spiro atoms. The van der Waals surface area contributed by atoms with Crippen LogP contribution in [0.4, 0.5) is 11.4 Å². The lowest BCUT2D eigenvalue weighted by molar-refractivity contribution is 0.0658. The molecule has 0 aliphatic carbocycles. The van der Waals surface area contributed by atoms with Gasteiger partial charge in [-0.25, -0.2) is 0 Å². The third-order valence-corrected chi connectivity index (χ3v) is 3.68. The van der Waals surface area contributed by atoms with Gasteiger partial charge in [0.25, 0.3) is 0 Å². The van der Waals surface area contributed by atoms with Gasteiger partial charge in [0.05, 0.1) is 0 Å². The number of nitrogens with one attached hydrogen (secondary N) is 1. The number of nitrogens with two attached hydrogens (primary N) is 1. The van der Waals surface area contributed by atoms with Crippen LogP contribution in [0.25, 0.3) is 0 Å². The molecule has 1 aliphatic heterocycles. The Labute approximate surface area is 104 Å². The topological polar surface area (TPSA) is 47.3 Å². The molecule has 3 N–H and O–H groups in total. The van der Waals surface area contributed by atoms with Crippen molar-refractivity contribution in [1.82, 2.24) is 0 Å². The predicted octanol–water partition coefficient (Wildman–Crippen LogP) is 3.01. The summed E-state index contributed by atoms with van der Waals surface area (Å²) in [7, 11) is 0. The van der Waals surface area contributed by atoms with E-state index in [1.54, 1.807) is 0 Å². The molecule has 0 radical (unpaired) electrons. The Morgan fingerprint density at radius 3 is 2.69 bits per heavy atom. The largest absolute Gasteiger partial charge is 0.399 e. The second kappa shape index (κ2) is 4.63. The average molecular weight is 285 g/mol. The number of hydrogen-bond donors (Lipinski definition) is 2. The fourth-order valence-electron chi connectivity index (χ4n) is 1.90. The van der Waals surface area contributed by atoms with Gasteiger partial charge in [-0.2, -0.15) is 0 Å². The van der Waals surface area contributed by atoms with Gasteiger partial charge in [0.1, 0.15) is 0 Å². The Morgan fingerprint density at radius 2 is 2.06 bits per heavy atom. The molecule has 0 unspecified atom stereocenters. The monoisotopic (exact) mass is 284 g/mol. The second-order valence-electron chi connectivity index (χ2n) is 4.54. The first-order valence-electron chi connectivity index (χ1n) is 5.50. The van der Waals surface area contributed by atoms with Crippen molar-refractivity contribution in [3.63, 3.8) is 0 Å². The van der Waals surface area contributed by atoms with Gasteiger partial charge in [-0.1, -0.05) is 0 Å². The molecule has 0 saturated carbocycles. The van der Waals surface area contributed by atoms with Crippen LogP contribution in [0.5, 0.6) is 0 Å². The van der Waals surface area contributed by atoms with Crippen LogP contribution in [0.3, 0.4) is 0 Å². The Hall–Kier alpha value is -0.740. The fourth-order valence-corrected chi connectivity index (χ4v) is 2.40. The fraction of sp³-hybridized carbons (Fsp3) is 0.500. The summed E-state index contributed by atoms with van der Waals surface area (Å²) in [5.41, 5.74) is 7.71. The van der Waals surface area contributed by atoms with Crippen LogP contribution in [0, 0.1) is 0 Å². The Balaban J connectivity index is 2.13. The molecule has 0 amide bonds. The smallest absolute Gasteiger partial charge is 0.0490 e. The summed E-state index contributed by atoms with van der Waals surface area (Å²) in [6.45, 7) is 3.89. The number of halogens is 1. The van der Waals surface area contributed by atoms with Crippen molar-refractivity contribution in [2.75, 3.05) is 24.3 Å². The molecule has 1 fully saturated rings. The van der Waals surface area contributed by atoms with Gasteiger partial charge in [-0.3, -0.25) is 0 Å². The van der Waals surface area contributed by atoms with Gasteiger partial charge >= 0.3 is 0 Å². The van der Waals surface area contributed by atoms with Crippen molar-refractivity contribution in [2.45, 2.75) is 25.3 Å². The lowest BCUT2D eigenvalue weighted by Crippen LogP contribution is -2.40. The first-order chi connectivity index (χ1) is 7.59. The summed E-state index contributed by atoms with van der Waals surface area (Å²) >= 11 is 3.52. The van der Waals surface area contributed by atoms with Gasteiger partial charge in [-0.15, -0.1) is 0 Å². The lowest BCUT2D eigenvalue weighted by atomic mass is 9.92. The number of nitrogen functional groups attached to an aromatic ring is 1. The summed E-state index contributed by atoms with van der Waals surface area (Å²) in [6.07, 6.45) is 2.06. The third kappa shape index (κ3) is 2.68. The molecule has 3 nitrogen and oxygen atoms in total. The highest BCUT2D eigenvalue weighted by atomic mass is 79.9. The van der Waals surface area contributed by atoms with Crippen LogP contribution in [0.15, 0.2) is 22.7 Å². The van der Waals surface area contributed by atoms with Crippen molar-refractivity contribution in [3.8, 4) is 0 Å². The van der Waals surface area contributed by atoms with Crippen LogP contribution >= 0.6 is 15.9 Å². The van der Waals surface area contributed by atoms with E-state index in [0.29, 0.717) is 0 Å².